The standard InChI is InChI=1S/C15H15F3N2O4S/c16-15(17,18)25(21,22)24-13-1-2-14-11(6-13)5-12(8-20-14)19-7-10-3-4-23-9-10/h1-2,5-6,8,10,19H,3-4,7,9H2. The lowest BCUT2D eigenvalue weighted by atomic mass is 10.1. The van der Waals surface area contributed by atoms with Crippen molar-refractivity contribution in [3.05, 3.63) is 30.5 Å². The molecule has 6 nitrogen and oxygen atoms in total. The summed E-state index contributed by atoms with van der Waals surface area (Å²) in [6.07, 6.45) is 2.56. The van der Waals surface area contributed by atoms with Crippen LogP contribution in [-0.4, -0.2) is 38.7 Å². The lowest BCUT2D eigenvalue weighted by Gasteiger charge is -2.12. The minimum atomic E-state index is -5.70. The number of fused-ring (bicyclic) bond motifs is 1. The number of benzene rings is 1. The van der Waals surface area contributed by atoms with Gasteiger partial charge in [-0.3, -0.25) is 4.98 Å². The first-order chi connectivity index (χ1) is 11.7. The highest BCUT2D eigenvalue weighted by atomic mass is 32.2. The van der Waals surface area contributed by atoms with Crippen molar-refractivity contribution in [2.45, 2.75) is 11.9 Å². The molecule has 10 heteroatoms. The van der Waals surface area contributed by atoms with Crippen molar-refractivity contribution in [3.63, 3.8) is 0 Å². The second-order valence-corrected chi connectivity index (χ2v) is 7.21. The second kappa shape index (κ2) is 6.68. The van der Waals surface area contributed by atoms with Crippen LogP contribution in [0.3, 0.4) is 0 Å². The van der Waals surface area contributed by atoms with Crippen LogP contribution in [0.4, 0.5) is 18.9 Å². The Morgan fingerprint density at radius 2 is 2.12 bits per heavy atom. The van der Waals surface area contributed by atoms with Crippen LogP contribution in [0.15, 0.2) is 30.5 Å². The summed E-state index contributed by atoms with van der Waals surface area (Å²) in [4.78, 5) is 4.19. The van der Waals surface area contributed by atoms with Crippen molar-refractivity contribution >= 4 is 26.7 Å². The Morgan fingerprint density at radius 3 is 2.80 bits per heavy atom. The van der Waals surface area contributed by atoms with Gasteiger partial charge >= 0.3 is 15.6 Å². The van der Waals surface area contributed by atoms with E-state index in [4.69, 9.17) is 4.74 Å². The van der Waals surface area contributed by atoms with Crippen LogP contribution in [0.5, 0.6) is 5.75 Å². The highest BCUT2D eigenvalue weighted by Crippen LogP contribution is 2.29. The predicted octanol–water partition coefficient (Wildman–Crippen LogP) is 2.91. The number of halogens is 3. The number of rotatable bonds is 5. The molecule has 0 bridgehead atoms. The molecule has 1 N–H and O–H groups in total. The molecule has 1 aromatic heterocycles. The number of ether oxygens (including phenoxy) is 1. The summed E-state index contributed by atoms with van der Waals surface area (Å²) in [6.45, 7) is 2.10. The lowest BCUT2D eigenvalue weighted by molar-refractivity contribution is -0.0500. The summed E-state index contributed by atoms with van der Waals surface area (Å²) in [5, 5.41) is 3.65. The molecule has 3 rings (SSSR count). The van der Waals surface area contributed by atoms with Crippen molar-refractivity contribution in [2.75, 3.05) is 25.1 Å². The molecule has 0 saturated carbocycles. The van der Waals surface area contributed by atoms with Gasteiger partial charge in [0.25, 0.3) is 0 Å². The van der Waals surface area contributed by atoms with Crippen LogP contribution in [0.1, 0.15) is 6.42 Å². The number of hydrogen-bond donors (Lipinski definition) is 1. The van der Waals surface area contributed by atoms with Crippen LogP contribution in [0, 0.1) is 5.92 Å². The number of anilines is 1. The van der Waals surface area contributed by atoms with Crippen LogP contribution in [0.25, 0.3) is 10.9 Å². The number of alkyl halides is 3. The average Bonchev–Trinajstić information content (AvgIpc) is 3.04. The van der Waals surface area contributed by atoms with Crippen LogP contribution >= 0.6 is 0 Å². The van der Waals surface area contributed by atoms with Gasteiger partial charge in [-0.15, -0.1) is 0 Å². The number of pyridine rings is 1. The van der Waals surface area contributed by atoms with E-state index < -0.39 is 21.4 Å². The summed E-state index contributed by atoms with van der Waals surface area (Å²) < 4.78 is 68.8. The maximum absolute atomic E-state index is 12.4. The van der Waals surface area contributed by atoms with Gasteiger partial charge in [-0.2, -0.15) is 21.6 Å². The summed E-state index contributed by atoms with van der Waals surface area (Å²) in [7, 11) is -5.70. The minimum Gasteiger partial charge on any atom is -0.383 e. The zero-order chi connectivity index (χ0) is 18.1. The molecule has 1 atom stereocenters. The van der Waals surface area contributed by atoms with Crippen LogP contribution in [-0.2, 0) is 14.9 Å². The first-order valence-corrected chi connectivity index (χ1v) is 8.87. The molecule has 1 aliphatic heterocycles. The molecule has 136 valence electrons. The van der Waals surface area contributed by atoms with Crippen molar-refractivity contribution in [3.8, 4) is 5.75 Å². The van der Waals surface area contributed by atoms with Gasteiger partial charge in [-0.05, 0) is 30.7 Å². The van der Waals surface area contributed by atoms with Crippen molar-refractivity contribution in [1.29, 1.82) is 0 Å². The number of nitrogens with zero attached hydrogens (tertiary/aromatic N) is 1. The average molecular weight is 376 g/mol. The summed E-state index contributed by atoms with van der Waals surface area (Å²) in [5.41, 5.74) is -4.30. The fraction of sp³-hybridized carbons (Fsp3) is 0.400. The van der Waals surface area contributed by atoms with Gasteiger partial charge in [0.15, 0.2) is 0 Å². The maximum Gasteiger partial charge on any atom is 0.534 e. The van der Waals surface area contributed by atoms with E-state index in [-0.39, 0.29) is 0 Å². The molecule has 0 amide bonds. The summed E-state index contributed by atoms with van der Waals surface area (Å²) in [5.74, 6) is -0.0322. The Kier molecular flexibility index (Phi) is 4.74. The third-order valence-electron chi connectivity index (χ3n) is 3.76. The van der Waals surface area contributed by atoms with E-state index in [1.807, 2.05) is 0 Å². The quantitative estimate of drug-likeness (QED) is 0.639. The molecule has 2 heterocycles. The Bertz CT molecular complexity index is 865. The topological polar surface area (TPSA) is 77.5 Å². The number of hydrogen-bond acceptors (Lipinski definition) is 6. The molecule has 1 fully saturated rings. The fourth-order valence-electron chi connectivity index (χ4n) is 2.44. The smallest absolute Gasteiger partial charge is 0.383 e. The minimum absolute atomic E-state index is 0.391. The van der Waals surface area contributed by atoms with Crippen molar-refractivity contribution < 1.29 is 30.5 Å². The molecule has 0 spiro atoms. The van der Waals surface area contributed by atoms with E-state index in [1.165, 1.54) is 12.1 Å². The molecule has 25 heavy (non-hydrogen) atoms. The first kappa shape index (κ1) is 17.7. The van der Waals surface area contributed by atoms with Crippen LogP contribution < -0.4 is 9.50 Å². The molecule has 1 saturated heterocycles. The Hall–Kier alpha value is -2.07. The highest BCUT2D eigenvalue weighted by molar-refractivity contribution is 7.88. The van der Waals surface area contributed by atoms with Gasteiger partial charge in [0.2, 0.25) is 0 Å². The molecule has 1 aromatic carbocycles. The molecule has 0 aliphatic carbocycles. The van der Waals surface area contributed by atoms with Crippen molar-refractivity contribution in [1.82, 2.24) is 4.98 Å². The lowest BCUT2D eigenvalue weighted by Crippen LogP contribution is -2.28. The highest BCUT2D eigenvalue weighted by Gasteiger charge is 2.48. The first-order valence-electron chi connectivity index (χ1n) is 7.47. The van der Waals surface area contributed by atoms with Gasteiger partial charge in [-0.1, -0.05) is 0 Å². The van der Waals surface area contributed by atoms with Gasteiger partial charge in [0.05, 0.1) is 24.0 Å². The Balaban J connectivity index is 1.78. The van der Waals surface area contributed by atoms with Gasteiger partial charge in [0, 0.05) is 24.5 Å². The van der Waals surface area contributed by atoms with E-state index in [1.54, 1.807) is 12.3 Å². The maximum atomic E-state index is 12.4. The van der Waals surface area contributed by atoms with Crippen LogP contribution in [0.2, 0.25) is 0 Å². The van der Waals surface area contributed by atoms with E-state index in [0.29, 0.717) is 35.7 Å². The van der Waals surface area contributed by atoms with Gasteiger partial charge in [-0.25, -0.2) is 0 Å². The third kappa shape index (κ3) is 4.13. The van der Waals surface area contributed by atoms with E-state index in [9.17, 15) is 21.6 Å². The third-order valence-corrected chi connectivity index (χ3v) is 4.74. The second-order valence-electron chi connectivity index (χ2n) is 5.67. The summed E-state index contributed by atoms with van der Waals surface area (Å²) >= 11 is 0. The summed E-state index contributed by atoms with van der Waals surface area (Å²) in [6, 6.07) is 5.40. The predicted molar refractivity (Wildman–Crippen MR) is 84.8 cm³/mol. The Morgan fingerprint density at radius 1 is 1.32 bits per heavy atom. The zero-order valence-corrected chi connectivity index (χ0v) is 13.7. The number of aromatic nitrogens is 1. The number of nitrogens with one attached hydrogen (secondary N) is 1. The Labute approximate surface area is 142 Å². The van der Waals surface area contributed by atoms with E-state index in [0.717, 1.165) is 19.1 Å². The molecule has 1 aliphatic rings. The zero-order valence-electron chi connectivity index (χ0n) is 12.9. The monoisotopic (exact) mass is 376 g/mol. The normalized spacial score (nSPS) is 18.4. The van der Waals surface area contributed by atoms with E-state index >= 15 is 0 Å². The van der Waals surface area contributed by atoms with E-state index in [2.05, 4.69) is 14.5 Å². The SMILES string of the molecule is O=S(=O)(Oc1ccc2ncc(NCC3CCOC3)cc2c1)C(F)(F)F. The van der Waals surface area contributed by atoms with Crippen molar-refractivity contribution in [2.24, 2.45) is 5.92 Å². The molecule has 2 aromatic rings. The fourth-order valence-corrected chi connectivity index (χ4v) is 2.89. The largest absolute Gasteiger partial charge is 0.534 e. The molecule has 0 radical (unpaired) electrons. The van der Waals surface area contributed by atoms with Gasteiger partial charge < -0.3 is 14.2 Å². The molecular weight excluding hydrogens is 361 g/mol. The van der Waals surface area contributed by atoms with Gasteiger partial charge in [0.1, 0.15) is 5.75 Å². The molecule has 1 unspecified atom stereocenters. The molecular formula is C15H15F3N2O4S.